The van der Waals surface area contributed by atoms with Crippen molar-refractivity contribution >= 4 is 23.3 Å². The second-order valence-electron chi connectivity index (χ2n) is 12.9. The van der Waals surface area contributed by atoms with Gasteiger partial charge in [0.15, 0.2) is 0 Å². The van der Waals surface area contributed by atoms with Gasteiger partial charge in [-0.15, -0.1) is 0 Å². The highest BCUT2D eigenvalue weighted by atomic mass is 16.5. The third kappa shape index (κ3) is 5.02. The molecule has 212 valence electrons. The lowest BCUT2D eigenvalue weighted by Gasteiger charge is -2.46. The Morgan fingerprint density at radius 3 is 2.58 bits per heavy atom. The summed E-state index contributed by atoms with van der Waals surface area (Å²) < 4.78 is 12.5. The summed E-state index contributed by atoms with van der Waals surface area (Å²) in [7, 11) is 2.12. The van der Waals surface area contributed by atoms with Crippen LogP contribution in [0.5, 0.6) is 5.75 Å². The Balaban J connectivity index is 1.31. The van der Waals surface area contributed by atoms with E-state index in [4.69, 9.17) is 24.4 Å². The number of ether oxygens (including phenoxy) is 2. The highest BCUT2D eigenvalue weighted by molar-refractivity contribution is 5.71. The molecular formula is C31H40N6O3. The monoisotopic (exact) mass is 544 g/mol. The maximum absolute atomic E-state index is 10.7. The number of aromatic nitrogens is 3. The molecule has 40 heavy (non-hydrogen) atoms. The molecule has 3 atom stereocenters. The summed E-state index contributed by atoms with van der Waals surface area (Å²) >= 11 is 0. The van der Waals surface area contributed by atoms with E-state index in [0.717, 1.165) is 54.6 Å². The minimum Gasteiger partial charge on any atom is -0.489 e. The van der Waals surface area contributed by atoms with Crippen molar-refractivity contribution in [2.24, 2.45) is 0 Å². The highest BCUT2D eigenvalue weighted by Gasteiger charge is 2.55. The molecule has 2 aromatic heterocycles. The predicted octanol–water partition coefficient (Wildman–Crippen LogP) is 4.90. The highest BCUT2D eigenvalue weighted by Crippen LogP contribution is 2.53. The Bertz CT molecular complexity index is 1390. The summed E-state index contributed by atoms with van der Waals surface area (Å²) in [5.41, 5.74) is 0.896. The van der Waals surface area contributed by atoms with Gasteiger partial charge in [-0.3, -0.25) is 0 Å². The summed E-state index contributed by atoms with van der Waals surface area (Å²) in [6.07, 6.45) is 4.01. The molecule has 0 radical (unpaired) electrons. The lowest BCUT2D eigenvalue weighted by atomic mass is 9.73. The number of nitrogens with one attached hydrogen (secondary N) is 1. The first kappa shape index (κ1) is 26.9. The molecule has 9 heteroatoms. The van der Waals surface area contributed by atoms with Crippen LogP contribution in [-0.2, 0) is 15.8 Å². The number of pyridine rings is 1. The predicted molar refractivity (Wildman–Crippen MR) is 156 cm³/mol. The van der Waals surface area contributed by atoms with Crippen LogP contribution in [0.2, 0.25) is 0 Å². The van der Waals surface area contributed by atoms with E-state index < -0.39 is 5.60 Å². The first-order valence-electron chi connectivity index (χ1n) is 14.1. The average Bonchev–Trinajstić information content (AvgIpc) is 3.42. The third-order valence-electron chi connectivity index (χ3n) is 8.48. The van der Waals surface area contributed by atoms with Gasteiger partial charge in [-0.2, -0.15) is 4.98 Å². The van der Waals surface area contributed by atoms with E-state index >= 15 is 0 Å². The zero-order valence-electron chi connectivity index (χ0n) is 24.3. The number of aliphatic hydroxyl groups is 1. The Labute approximate surface area is 236 Å². The van der Waals surface area contributed by atoms with Crippen molar-refractivity contribution in [1.29, 1.82) is 0 Å². The van der Waals surface area contributed by atoms with E-state index in [-0.39, 0.29) is 23.2 Å². The number of likely N-dealkylation sites (tertiary alicyclic amines) is 1. The zero-order chi connectivity index (χ0) is 28.3. The van der Waals surface area contributed by atoms with Gasteiger partial charge in [-0.05, 0) is 84.0 Å². The lowest BCUT2D eigenvalue weighted by Crippen LogP contribution is -2.54. The van der Waals surface area contributed by atoms with Gasteiger partial charge < -0.3 is 29.7 Å². The van der Waals surface area contributed by atoms with Crippen LogP contribution in [0.3, 0.4) is 0 Å². The molecular weight excluding hydrogens is 504 g/mol. The molecule has 0 unspecified atom stereocenters. The molecule has 3 aliphatic heterocycles. The normalized spacial score (nSPS) is 25.9. The van der Waals surface area contributed by atoms with E-state index in [1.807, 2.05) is 48.7 Å². The molecule has 0 saturated carbocycles. The van der Waals surface area contributed by atoms with Gasteiger partial charge in [0, 0.05) is 36.0 Å². The Hall–Kier alpha value is -3.27. The molecule has 2 N–H and O–H groups in total. The lowest BCUT2D eigenvalue weighted by molar-refractivity contribution is -0.0893. The minimum atomic E-state index is -1.06. The van der Waals surface area contributed by atoms with Gasteiger partial charge in [0.05, 0.1) is 23.9 Å². The van der Waals surface area contributed by atoms with E-state index in [1.54, 1.807) is 13.8 Å². The summed E-state index contributed by atoms with van der Waals surface area (Å²) in [5, 5.41) is 14.1. The van der Waals surface area contributed by atoms with E-state index in [2.05, 4.69) is 42.9 Å². The molecule has 0 spiro atoms. The molecule has 2 saturated heterocycles. The first-order valence-corrected chi connectivity index (χ1v) is 14.1. The number of hydrogen-bond donors (Lipinski definition) is 2. The standard InChI is InChI=1S/C31H40N6O3/c1-29(2)16-25-31(5,19-39-29)23-17-32-28(33-20-10-12-21(13-11-20)40-22-14-15-36(6)18-22)35-27(23)37(25)26-9-7-8-24(34-26)30(3,4)38/h7-13,17,22,25,38H,14-16,18-19H2,1-6H3,(H,32,33,35)/t22-,25-,31-/m1/s1. The molecule has 0 bridgehead atoms. The number of hydrogen-bond acceptors (Lipinski definition) is 9. The molecule has 3 aliphatic rings. The van der Waals surface area contributed by atoms with Crippen LogP contribution >= 0.6 is 0 Å². The van der Waals surface area contributed by atoms with Crippen molar-refractivity contribution in [1.82, 2.24) is 19.9 Å². The quantitative estimate of drug-likeness (QED) is 0.449. The minimum absolute atomic E-state index is 0.0754. The van der Waals surface area contributed by atoms with E-state index in [0.29, 0.717) is 18.2 Å². The maximum atomic E-state index is 10.7. The number of benzene rings is 1. The fourth-order valence-electron chi connectivity index (χ4n) is 6.09. The maximum Gasteiger partial charge on any atom is 0.229 e. The average molecular weight is 545 g/mol. The Morgan fingerprint density at radius 1 is 1.10 bits per heavy atom. The Morgan fingerprint density at radius 2 is 1.88 bits per heavy atom. The number of likely N-dealkylation sites (N-methyl/N-ethyl adjacent to an activating group) is 1. The van der Waals surface area contributed by atoms with Crippen LogP contribution < -0.4 is 15.0 Å². The largest absolute Gasteiger partial charge is 0.489 e. The van der Waals surface area contributed by atoms with Crippen molar-refractivity contribution in [3.05, 3.63) is 59.9 Å². The van der Waals surface area contributed by atoms with Gasteiger partial charge in [-0.1, -0.05) is 13.0 Å². The smallest absolute Gasteiger partial charge is 0.229 e. The summed E-state index contributed by atoms with van der Waals surface area (Å²) in [6, 6.07) is 13.8. The molecule has 6 rings (SSSR count). The third-order valence-corrected chi connectivity index (χ3v) is 8.48. The van der Waals surface area contributed by atoms with Crippen molar-refractivity contribution in [3.8, 4) is 5.75 Å². The number of nitrogens with zero attached hydrogens (tertiary/aromatic N) is 5. The molecule has 0 amide bonds. The first-order chi connectivity index (χ1) is 18.9. The van der Waals surface area contributed by atoms with Gasteiger partial charge in [-0.25, -0.2) is 9.97 Å². The molecule has 1 aromatic carbocycles. The van der Waals surface area contributed by atoms with Crippen LogP contribution in [0.4, 0.5) is 23.3 Å². The molecule has 2 fully saturated rings. The van der Waals surface area contributed by atoms with Crippen LogP contribution in [0.15, 0.2) is 48.7 Å². The Kier molecular flexibility index (Phi) is 6.52. The number of rotatable bonds is 6. The number of anilines is 4. The molecule has 0 aliphatic carbocycles. The van der Waals surface area contributed by atoms with Gasteiger partial charge in [0.25, 0.3) is 0 Å². The van der Waals surface area contributed by atoms with Gasteiger partial charge in [0.1, 0.15) is 29.1 Å². The van der Waals surface area contributed by atoms with Gasteiger partial charge >= 0.3 is 0 Å². The fraction of sp³-hybridized carbons (Fsp3) is 0.516. The van der Waals surface area contributed by atoms with Crippen LogP contribution in [-0.4, -0.2) is 69.4 Å². The topological polar surface area (TPSA) is 95.9 Å². The molecule has 3 aromatic rings. The van der Waals surface area contributed by atoms with Crippen LogP contribution in [0.25, 0.3) is 0 Å². The SMILES string of the molecule is CN1CC[C@@H](Oc2ccc(Nc3ncc4c(n3)N(c3cccc(C(C)(C)O)n3)[C@@H]3CC(C)(C)OC[C@]43C)cc2)C1. The number of fused-ring (bicyclic) bond motifs is 3. The fourth-order valence-corrected chi connectivity index (χ4v) is 6.09. The van der Waals surface area contributed by atoms with Crippen LogP contribution in [0.1, 0.15) is 58.7 Å². The van der Waals surface area contributed by atoms with E-state index in [1.165, 1.54) is 0 Å². The van der Waals surface area contributed by atoms with Crippen molar-refractivity contribution < 1.29 is 14.6 Å². The molecule has 9 nitrogen and oxygen atoms in total. The van der Waals surface area contributed by atoms with Crippen molar-refractivity contribution in [2.75, 3.05) is 37.0 Å². The van der Waals surface area contributed by atoms with E-state index in [9.17, 15) is 5.11 Å². The summed E-state index contributed by atoms with van der Waals surface area (Å²) in [5.74, 6) is 2.95. The second-order valence-corrected chi connectivity index (χ2v) is 12.9. The summed E-state index contributed by atoms with van der Waals surface area (Å²) in [4.78, 5) is 19.2. The van der Waals surface area contributed by atoms with Crippen LogP contribution in [0, 0.1) is 0 Å². The second kappa shape index (κ2) is 9.68. The van der Waals surface area contributed by atoms with Gasteiger partial charge in [0.2, 0.25) is 5.95 Å². The zero-order valence-corrected chi connectivity index (χ0v) is 24.3. The molecule has 5 heterocycles. The van der Waals surface area contributed by atoms with Crippen molar-refractivity contribution in [2.45, 2.75) is 76.2 Å². The van der Waals surface area contributed by atoms with Crippen molar-refractivity contribution in [3.63, 3.8) is 0 Å². The summed E-state index contributed by atoms with van der Waals surface area (Å²) in [6.45, 7) is 12.6.